The number of hydrogen-bond acceptors (Lipinski definition) is 5. The lowest BCUT2D eigenvalue weighted by molar-refractivity contribution is -0.384. The third-order valence-corrected chi connectivity index (χ3v) is 3.48. The summed E-state index contributed by atoms with van der Waals surface area (Å²) >= 11 is 5.97. The fourth-order valence-corrected chi connectivity index (χ4v) is 2.16. The van der Waals surface area contributed by atoms with Gasteiger partial charge < -0.3 is 9.64 Å². The standard InChI is InChI=1S/C14H12ClN3O4/c15-13-2-1-12(18(20)21)8-10(13)7-11(9-16)14(19)17-3-5-22-6-4-17/h1-2,7-8H,3-6H2/b11-7+. The summed E-state index contributed by atoms with van der Waals surface area (Å²) in [5.74, 6) is -0.437. The lowest BCUT2D eigenvalue weighted by Gasteiger charge is -2.26. The molecule has 0 aromatic heterocycles. The van der Waals surface area contributed by atoms with E-state index in [1.165, 1.54) is 29.2 Å². The first-order valence-corrected chi connectivity index (χ1v) is 6.83. The quantitative estimate of drug-likeness (QED) is 0.367. The number of rotatable bonds is 3. The molecule has 7 nitrogen and oxygen atoms in total. The van der Waals surface area contributed by atoms with Crippen molar-refractivity contribution in [2.75, 3.05) is 26.3 Å². The van der Waals surface area contributed by atoms with Crippen molar-refractivity contribution in [3.63, 3.8) is 0 Å². The number of nitrogens with zero attached hydrogens (tertiary/aromatic N) is 3. The number of hydrogen-bond donors (Lipinski definition) is 0. The summed E-state index contributed by atoms with van der Waals surface area (Å²) in [6, 6.07) is 5.67. The van der Waals surface area contributed by atoms with Crippen molar-refractivity contribution < 1.29 is 14.5 Å². The molecule has 0 atom stereocenters. The summed E-state index contributed by atoms with van der Waals surface area (Å²) in [6.45, 7) is 1.64. The third-order valence-electron chi connectivity index (χ3n) is 3.14. The molecule has 2 rings (SSSR count). The van der Waals surface area contributed by atoms with E-state index in [9.17, 15) is 20.2 Å². The van der Waals surface area contributed by atoms with E-state index in [0.29, 0.717) is 26.3 Å². The molecule has 1 saturated heterocycles. The molecular weight excluding hydrogens is 310 g/mol. The van der Waals surface area contributed by atoms with E-state index in [1.807, 2.05) is 6.07 Å². The summed E-state index contributed by atoms with van der Waals surface area (Å²) in [5, 5.41) is 20.2. The van der Waals surface area contributed by atoms with Crippen LogP contribution in [0.15, 0.2) is 23.8 Å². The van der Waals surface area contributed by atoms with Crippen LogP contribution in [-0.4, -0.2) is 42.0 Å². The highest BCUT2D eigenvalue weighted by molar-refractivity contribution is 6.32. The van der Waals surface area contributed by atoms with Crippen LogP contribution in [0.3, 0.4) is 0 Å². The van der Waals surface area contributed by atoms with Crippen molar-refractivity contribution in [3.05, 3.63) is 44.5 Å². The molecule has 0 saturated carbocycles. The predicted octanol–water partition coefficient (Wildman–Crippen LogP) is 2.01. The molecule has 1 heterocycles. The van der Waals surface area contributed by atoms with Gasteiger partial charge in [0.15, 0.2) is 0 Å². The number of amides is 1. The van der Waals surface area contributed by atoms with Crippen molar-refractivity contribution in [3.8, 4) is 6.07 Å². The molecule has 8 heteroatoms. The van der Waals surface area contributed by atoms with Gasteiger partial charge in [0.05, 0.1) is 18.1 Å². The number of benzene rings is 1. The first-order valence-electron chi connectivity index (χ1n) is 6.45. The Balaban J connectivity index is 2.32. The van der Waals surface area contributed by atoms with Gasteiger partial charge in [0.1, 0.15) is 11.6 Å². The van der Waals surface area contributed by atoms with Gasteiger partial charge in [-0.3, -0.25) is 14.9 Å². The van der Waals surface area contributed by atoms with Gasteiger partial charge in [-0.15, -0.1) is 0 Å². The van der Waals surface area contributed by atoms with Crippen LogP contribution in [0.25, 0.3) is 6.08 Å². The minimum absolute atomic E-state index is 0.121. The Morgan fingerprint density at radius 3 is 2.73 bits per heavy atom. The number of non-ortho nitro benzene ring substituents is 1. The number of carbonyl (C=O) groups excluding carboxylic acids is 1. The summed E-state index contributed by atoms with van der Waals surface area (Å²) in [4.78, 5) is 24.0. The largest absolute Gasteiger partial charge is 0.378 e. The first kappa shape index (κ1) is 15.9. The van der Waals surface area contributed by atoms with E-state index in [-0.39, 0.29) is 21.8 Å². The number of nitro groups is 1. The van der Waals surface area contributed by atoms with Crippen molar-refractivity contribution >= 4 is 29.3 Å². The van der Waals surface area contributed by atoms with E-state index in [4.69, 9.17) is 16.3 Å². The van der Waals surface area contributed by atoms with Gasteiger partial charge in [-0.25, -0.2) is 0 Å². The maximum absolute atomic E-state index is 12.3. The molecule has 1 aliphatic rings. The van der Waals surface area contributed by atoms with Crippen LogP contribution >= 0.6 is 11.6 Å². The molecule has 114 valence electrons. The van der Waals surface area contributed by atoms with Crippen LogP contribution in [-0.2, 0) is 9.53 Å². The first-order chi connectivity index (χ1) is 10.5. The smallest absolute Gasteiger partial charge is 0.270 e. The molecule has 22 heavy (non-hydrogen) atoms. The number of ether oxygens (including phenoxy) is 1. The van der Waals surface area contributed by atoms with E-state index < -0.39 is 10.8 Å². The average Bonchev–Trinajstić information content (AvgIpc) is 2.54. The second-order valence-electron chi connectivity index (χ2n) is 4.54. The summed E-state index contributed by atoms with van der Waals surface area (Å²) in [7, 11) is 0. The molecule has 0 spiro atoms. The monoisotopic (exact) mass is 321 g/mol. The van der Waals surface area contributed by atoms with E-state index in [2.05, 4.69) is 0 Å². The lowest BCUT2D eigenvalue weighted by atomic mass is 10.1. The van der Waals surface area contributed by atoms with Crippen molar-refractivity contribution in [1.29, 1.82) is 5.26 Å². The Kier molecular flexibility index (Phi) is 5.09. The van der Waals surface area contributed by atoms with Crippen LogP contribution in [0.5, 0.6) is 0 Å². The second-order valence-corrected chi connectivity index (χ2v) is 4.94. The van der Waals surface area contributed by atoms with Gasteiger partial charge in [-0.05, 0) is 12.1 Å². The van der Waals surface area contributed by atoms with Gasteiger partial charge >= 0.3 is 0 Å². The fourth-order valence-electron chi connectivity index (χ4n) is 1.99. The maximum atomic E-state index is 12.3. The minimum Gasteiger partial charge on any atom is -0.378 e. The predicted molar refractivity (Wildman–Crippen MR) is 79.1 cm³/mol. The Bertz CT molecular complexity index is 675. The highest BCUT2D eigenvalue weighted by Crippen LogP contribution is 2.24. The van der Waals surface area contributed by atoms with Gasteiger partial charge in [0, 0.05) is 35.8 Å². The molecule has 1 aromatic rings. The molecule has 1 fully saturated rings. The molecule has 0 radical (unpaired) electrons. The maximum Gasteiger partial charge on any atom is 0.270 e. The van der Waals surface area contributed by atoms with Crippen molar-refractivity contribution in [2.24, 2.45) is 0 Å². The average molecular weight is 322 g/mol. The van der Waals surface area contributed by atoms with Gasteiger partial charge in [0.25, 0.3) is 11.6 Å². The molecule has 1 aliphatic heterocycles. The topological polar surface area (TPSA) is 96.5 Å². The Labute approximate surface area is 131 Å². The number of nitriles is 1. The molecule has 1 amide bonds. The SMILES string of the molecule is N#C/C(=C\c1cc([N+](=O)[O-])ccc1Cl)C(=O)N1CCOCC1. The summed E-state index contributed by atoms with van der Waals surface area (Å²) in [6.07, 6.45) is 1.27. The Hall–Kier alpha value is -2.43. The molecule has 0 aliphatic carbocycles. The van der Waals surface area contributed by atoms with Gasteiger partial charge in [-0.2, -0.15) is 5.26 Å². The second kappa shape index (κ2) is 7.02. The highest BCUT2D eigenvalue weighted by Gasteiger charge is 2.21. The van der Waals surface area contributed by atoms with Gasteiger partial charge in [-0.1, -0.05) is 11.6 Å². The van der Waals surface area contributed by atoms with Crippen LogP contribution < -0.4 is 0 Å². The van der Waals surface area contributed by atoms with E-state index in [0.717, 1.165) is 0 Å². The molecular formula is C14H12ClN3O4. The zero-order valence-electron chi connectivity index (χ0n) is 11.5. The number of nitro benzene ring substituents is 1. The van der Waals surface area contributed by atoms with E-state index >= 15 is 0 Å². The van der Waals surface area contributed by atoms with E-state index in [1.54, 1.807) is 0 Å². The molecule has 0 unspecified atom stereocenters. The number of halogens is 1. The van der Waals surface area contributed by atoms with Crippen LogP contribution in [0.2, 0.25) is 5.02 Å². The zero-order valence-corrected chi connectivity index (χ0v) is 12.2. The van der Waals surface area contributed by atoms with Crippen LogP contribution in [0, 0.1) is 21.4 Å². The lowest BCUT2D eigenvalue weighted by Crippen LogP contribution is -2.41. The molecule has 0 bridgehead atoms. The van der Waals surface area contributed by atoms with Crippen LogP contribution in [0.1, 0.15) is 5.56 Å². The third kappa shape index (κ3) is 3.61. The minimum atomic E-state index is -0.566. The zero-order chi connectivity index (χ0) is 16.1. The Morgan fingerprint density at radius 2 is 2.14 bits per heavy atom. The number of morpholine rings is 1. The Morgan fingerprint density at radius 1 is 1.45 bits per heavy atom. The van der Waals surface area contributed by atoms with Crippen molar-refractivity contribution in [2.45, 2.75) is 0 Å². The summed E-state index contributed by atoms with van der Waals surface area (Å²) < 4.78 is 5.15. The number of carbonyl (C=O) groups is 1. The highest BCUT2D eigenvalue weighted by atomic mass is 35.5. The van der Waals surface area contributed by atoms with Gasteiger partial charge in [0.2, 0.25) is 0 Å². The van der Waals surface area contributed by atoms with Crippen molar-refractivity contribution in [1.82, 2.24) is 4.90 Å². The molecule has 1 aromatic carbocycles. The molecule has 0 N–H and O–H groups in total. The normalized spacial score (nSPS) is 15.3. The van der Waals surface area contributed by atoms with Crippen LogP contribution in [0.4, 0.5) is 5.69 Å². The summed E-state index contributed by atoms with van der Waals surface area (Å²) in [5.41, 5.74) is -0.0231. The fraction of sp³-hybridized carbons (Fsp3) is 0.286.